The lowest BCUT2D eigenvalue weighted by molar-refractivity contribution is -0.143. The van der Waals surface area contributed by atoms with Crippen molar-refractivity contribution in [2.24, 2.45) is 5.92 Å². The molecule has 1 heterocycles. The molecular formula is C33H58N2O7. The summed E-state index contributed by atoms with van der Waals surface area (Å²) in [6.45, 7) is 2.79. The van der Waals surface area contributed by atoms with Crippen molar-refractivity contribution in [3.05, 3.63) is 0 Å². The van der Waals surface area contributed by atoms with Crippen LogP contribution in [-0.2, 0) is 24.0 Å². The summed E-state index contributed by atoms with van der Waals surface area (Å²) in [6.07, 6.45) is 21.4. The minimum Gasteiger partial charge on any atom is -0.481 e. The number of unbranched alkanes of at least 4 members (excludes halogenated alkanes) is 15. The lowest BCUT2D eigenvalue weighted by Crippen LogP contribution is -2.47. The number of ketones is 1. The Hall–Kier alpha value is -2.45. The summed E-state index contributed by atoms with van der Waals surface area (Å²) in [5.74, 6) is -2.28. The standard InChI is InChI=1S/C33H58N2O7/c1-2-28(36)21-22-29(33(41)42)34-32(40)27-23-25-35(26-24-27)30(37)19-17-15-13-11-9-7-5-3-4-6-8-10-12-14-16-18-20-31(38)39/h27,29H,2-26H2,1H3,(H,34,40)(H,38,39)(H,41,42)/t29-/m0/s1. The lowest BCUT2D eigenvalue weighted by atomic mass is 9.94. The maximum Gasteiger partial charge on any atom is 0.326 e. The van der Waals surface area contributed by atoms with Gasteiger partial charge < -0.3 is 20.4 Å². The largest absolute Gasteiger partial charge is 0.481 e. The third-order valence-corrected chi connectivity index (χ3v) is 8.47. The fourth-order valence-electron chi connectivity index (χ4n) is 5.61. The maximum atomic E-state index is 12.6. The normalized spacial score (nSPS) is 14.5. The maximum absolute atomic E-state index is 12.6. The summed E-state index contributed by atoms with van der Waals surface area (Å²) < 4.78 is 0. The molecule has 0 unspecified atom stereocenters. The number of carbonyl (C=O) groups is 5. The summed E-state index contributed by atoms with van der Waals surface area (Å²) >= 11 is 0. The number of carboxylic acid groups (broad SMARTS) is 2. The molecule has 1 saturated heterocycles. The number of hydrogen-bond acceptors (Lipinski definition) is 5. The molecule has 0 bridgehead atoms. The van der Waals surface area contributed by atoms with Crippen LogP contribution in [0, 0.1) is 5.92 Å². The first-order valence-corrected chi connectivity index (χ1v) is 16.8. The zero-order chi connectivity index (χ0) is 31.0. The fourth-order valence-corrected chi connectivity index (χ4v) is 5.61. The van der Waals surface area contributed by atoms with E-state index in [4.69, 9.17) is 5.11 Å². The number of carboxylic acids is 2. The van der Waals surface area contributed by atoms with Crippen LogP contribution in [0.1, 0.15) is 155 Å². The number of hydrogen-bond donors (Lipinski definition) is 3. The molecule has 9 nitrogen and oxygen atoms in total. The molecule has 0 aliphatic carbocycles. The van der Waals surface area contributed by atoms with Crippen LogP contribution in [0.4, 0.5) is 0 Å². The Bertz CT molecular complexity index is 793. The molecule has 3 N–H and O–H groups in total. The average Bonchev–Trinajstić information content (AvgIpc) is 2.97. The van der Waals surface area contributed by atoms with Crippen molar-refractivity contribution in [3.63, 3.8) is 0 Å². The first kappa shape index (κ1) is 37.6. The van der Waals surface area contributed by atoms with E-state index in [0.717, 1.165) is 38.5 Å². The van der Waals surface area contributed by atoms with E-state index in [-0.39, 0.29) is 36.4 Å². The molecule has 2 amide bonds. The fraction of sp³-hybridized carbons (Fsp3) is 0.848. The minimum absolute atomic E-state index is 0.0172. The highest BCUT2D eigenvalue weighted by molar-refractivity contribution is 5.86. The van der Waals surface area contributed by atoms with E-state index < -0.39 is 18.0 Å². The molecular weight excluding hydrogens is 536 g/mol. The molecule has 1 atom stereocenters. The first-order chi connectivity index (χ1) is 20.2. The van der Waals surface area contributed by atoms with Gasteiger partial charge in [-0.3, -0.25) is 19.2 Å². The van der Waals surface area contributed by atoms with E-state index in [2.05, 4.69) is 5.32 Å². The Morgan fingerprint density at radius 3 is 1.50 bits per heavy atom. The van der Waals surface area contributed by atoms with Crippen LogP contribution in [0.5, 0.6) is 0 Å². The molecule has 0 aromatic rings. The van der Waals surface area contributed by atoms with Gasteiger partial charge in [0.25, 0.3) is 0 Å². The third-order valence-electron chi connectivity index (χ3n) is 8.47. The molecule has 1 fully saturated rings. The number of likely N-dealkylation sites (tertiary alicyclic amines) is 1. The van der Waals surface area contributed by atoms with Gasteiger partial charge in [-0.2, -0.15) is 0 Å². The smallest absolute Gasteiger partial charge is 0.326 e. The van der Waals surface area contributed by atoms with Crippen LogP contribution in [0.2, 0.25) is 0 Å². The number of nitrogens with one attached hydrogen (secondary N) is 1. The van der Waals surface area contributed by atoms with E-state index >= 15 is 0 Å². The van der Waals surface area contributed by atoms with Gasteiger partial charge in [0, 0.05) is 44.7 Å². The molecule has 42 heavy (non-hydrogen) atoms. The molecule has 0 radical (unpaired) electrons. The highest BCUT2D eigenvalue weighted by Gasteiger charge is 2.30. The molecule has 0 aromatic carbocycles. The highest BCUT2D eigenvalue weighted by atomic mass is 16.4. The number of amides is 2. The van der Waals surface area contributed by atoms with Gasteiger partial charge in [0.05, 0.1) is 0 Å². The molecule has 1 aliphatic heterocycles. The van der Waals surface area contributed by atoms with Crippen molar-refractivity contribution < 1.29 is 34.2 Å². The van der Waals surface area contributed by atoms with Crippen LogP contribution in [-0.4, -0.2) is 63.8 Å². The molecule has 9 heteroatoms. The van der Waals surface area contributed by atoms with Gasteiger partial charge in [-0.25, -0.2) is 4.79 Å². The average molecular weight is 595 g/mol. The topological polar surface area (TPSA) is 141 Å². The van der Waals surface area contributed by atoms with Crippen LogP contribution in [0.25, 0.3) is 0 Å². The second-order valence-electron chi connectivity index (χ2n) is 12.0. The Morgan fingerprint density at radius 1 is 0.667 bits per heavy atom. The van der Waals surface area contributed by atoms with Crippen LogP contribution < -0.4 is 5.32 Å². The monoisotopic (exact) mass is 594 g/mol. The van der Waals surface area contributed by atoms with E-state index in [1.165, 1.54) is 64.2 Å². The lowest BCUT2D eigenvalue weighted by Gasteiger charge is -2.32. The predicted octanol–water partition coefficient (Wildman–Crippen LogP) is 6.66. The van der Waals surface area contributed by atoms with Gasteiger partial charge in [0.15, 0.2) is 0 Å². The Kier molecular flexibility index (Phi) is 21.5. The Labute approximate surface area is 253 Å². The number of nitrogens with zero attached hydrogens (tertiary/aromatic N) is 1. The zero-order valence-electron chi connectivity index (χ0n) is 26.2. The van der Waals surface area contributed by atoms with Crippen LogP contribution >= 0.6 is 0 Å². The molecule has 1 aliphatic rings. The number of piperidine rings is 1. The second kappa shape index (κ2) is 24.0. The van der Waals surface area contributed by atoms with Crippen LogP contribution in [0.15, 0.2) is 0 Å². The predicted molar refractivity (Wildman–Crippen MR) is 164 cm³/mol. The van der Waals surface area contributed by atoms with Crippen LogP contribution in [0.3, 0.4) is 0 Å². The van der Waals surface area contributed by atoms with Gasteiger partial charge in [0.1, 0.15) is 11.8 Å². The minimum atomic E-state index is -1.12. The number of aliphatic carboxylic acids is 2. The zero-order valence-corrected chi connectivity index (χ0v) is 26.2. The summed E-state index contributed by atoms with van der Waals surface area (Å²) in [6, 6.07) is -1.05. The Morgan fingerprint density at radius 2 is 1.10 bits per heavy atom. The third kappa shape index (κ3) is 18.9. The summed E-state index contributed by atoms with van der Waals surface area (Å²) in [7, 11) is 0. The number of carbonyl (C=O) groups excluding carboxylic acids is 3. The quantitative estimate of drug-likeness (QED) is 0.0951. The molecule has 0 spiro atoms. The second-order valence-corrected chi connectivity index (χ2v) is 12.0. The van der Waals surface area contributed by atoms with Crippen molar-refractivity contribution in [3.8, 4) is 0 Å². The van der Waals surface area contributed by atoms with E-state index in [0.29, 0.717) is 45.2 Å². The SMILES string of the molecule is CCC(=O)CC[C@H](NC(=O)C1CCN(C(=O)CCCCCCCCCCCCCCCCCCC(=O)O)CC1)C(=O)O. The summed E-state index contributed by atoms with van der Waals surface area (Å²) in [5, 5.41) is 20.6. The molecule has 0 aromatic heterocycles. The first-order valence-electron chi connectivity index (χ1n) is 16.8. The van der Waals surface area contributed by atoms with Gasteiger partial charge in [0.2, 0.25) is 11.8 Å². The molecule has 1 rings (SSSR count). The van der Waals surface area contributed by atoms with Gasteiger partial charge in [-0.1, -0.05) is 96.8 Å². The highest BCUT2D eigenvalue weighted by Crippen LogP contribution is 2.20. The van der Waals surface area contributed by atoms with E-state index in [1.807, 2.05) is 4.90 Å². The van der Waals surface area contributed by atoms with Crippen molar-refractivity contribution >= 4 is 29.5 Å². The van der Waals surface area contributed by atoms with Gasteiger partial charge in [-0.15, -0.1) is 0 Å². The van der Waals surface area contributed by atoms with E-state index in [1.54, 1.807) is 6.92 Å². The van der Waals surface area contributed by atoms with Gasteiger partial charge in [-0.05, 0) is 32.1 Å². The van der Waals surface area contributed by atoms with Gasteiger partial charge >= 0.3 is 11.9 Å². The molecule has 242 valence electrons. The molecule has 0 saturated carbocycles. The van der Waals surface area contributed by atoms with Crippen molar-refractivity contribution in [2.75, 3.05) is 13.1 Å². The summed E-state index contributed by atoms with van der Waals surface area (Å²) in [5.41, 5.74) is 0. The van der Waals surface area contributed by atoms with Crippen molar-refractivity contribution in [1.82, 2.24) is 10.2 Å². The number of Topliss-reactive ketones (excluding diaryl/α,β-unsaturated/α-hetero) is 1. The van der Waals surface area contributed by atoms with Crippen molar-refractivity contribution in [2.45, 2.75) is 161 Å². The number of rotatable bonds is 26. The Balaban J connectivity index is 1.98. The van der Waals surface area contributed by atoms with Crippen molar-refractivity contribution in [1.29, 1.82) is 0 Å². The summed E-state index contributed by atoms with van der Waals surface area (Å²) in [4.78, 5) is 60.5. The van der Waals surface area contributed by atoms with E-state index in [9.17, 15) is 29.1 Å².